The number of rotatable bonds is 6. The topological polar surface area (TPSA) is 68.3 Å². The molecule has 1 heterocycles. The average molecular weight is 390 g/mol. The quantitative estimate of drug-likeness (QED) is 0.763. The number of nitrogens with one attached hydrogen (secondary N) is 1. The molecule has 1 aliphatic carbocycles. The first kappa shape index (κ1) is 19.5. The van der Waals surface area contributed by atoms with Crippen molar-refractivity contribution in [1.29, 1.82) is 0 Å². The minimum Gasteiger partial charge on any atom is -0.455 e. The summed E-state index contributed by atoms with van der Waals surface area (Å²) in [5.74, 6) is -0.643. The fourth-order valence-corrected chi connectivity index (χ4v) is 4.08. The van der Waals surface area contributed by atoms with E-state index in [0.29, 0.717) is 22.2 Å². The number of hydrogen-bond acceptors (Lipinski definition) is 5. The number of carbonyl (C=O) groups is 2. The lowest BCUT2D eigenvalue weighted by molar-refractivity contribution is -0.148. The molecule has 0 radical (unpaired) electrons. The second kappa shape index (κ2) is 9.08. The van der Waals surface area contributed by atoms with Gasteiger partial charge in [0.25, 0.3) is 5.91 Å². The average Bonchev–Trinajstić information content (AvgIpc) is 3.10. The summed E-state index contributed by atoms with van der Waals surface area (Å²) >= 11 is 1.34. The summed E-state index contributed by atoms with van der Waals surface area (Å²) in [6, 6.07) is 6.32. The largest absolute Gasteiger partial charge is 0.455 e. The molecule has 1 aromatic carbocycles. The normalized spacial score (nSPS) is 19.5. The minimum atomic E-state index is -0.502. The van der Waals surface area contributed by atoms with E-state index in [1.807, 2.05) is 0 Å². The molecule has 2 aromatic rings. The highest BCUT2D eigenvalue weighted by atomic mass is 32.1. The third kappa shape index (κ3) is 5.60. The summed E-state index contributed by atoms with van der Waals surface area (Å²) in [7, 11) is 0. The highest BCUT2D eigenvalue weighted by Gasteiger charge is 2.23. The molecule has 0 bridgehead atoms. The zero-order valence-electron chi connectivity index (χ0n) is 15.2. The number of esters is 1. The molecule has 27 heavy (non-hydrogen) atoms. The molecule has 1 aliphatic rings. The van der Waals surface area contributed by atoms with Gasteiger partial charge in [0.1, 0.15) is 10.8 Å². The summed E-state index contributed by atoms with van der Waals surface area (Å²) in [5, 5.41) is 5.33. The smallest absolute Gasteiger partial charge is 0.312 e. The Morgan fingerprint density at radius 2 is 2.15 bits per heavy atom. The monoisotopic (exact) mass is 390 g/mol. The molecule has 1 amide bonds. The van der Waals surface area contributed by atoms with Gasteiger partial charge in [0.15, 0.2) is 6.61 Å². The van der Waals surface area contributed by atoms with E-state index in [2.05, 4.69) is 17.2 Å². The Bertz CT molecular complexity index is 808. The second-order valence-corrected chi connectivity index (χ2v) is 7.79. The van der Waals surface area contributed by atoms with Crippen LogP contribution in [0.5, 0.6) is 0 Å². The van der Waals surface area contributed by atoms with Crippen LogP contribution in [0.4, 0.5) is 4.39 Å². The van der Waals surface area contributed by atoms with Crippen LogP contribution in [0.2, 0.25) is 0 Å². The van der Waals surface area contributed by atoms with E-state index >= 15 is 0 Å². The van der Waals surface area contributed by atoms with Crippen molar-refractivity contribution in [3.8, 4) is 10.6 Å². The molecular weight excluding hydrogens is 367 g/mol. The molecule has 2 atom stereocenters. The standard InChI is InChI=1S/C20H23FN2O3S/c1-13-5-2-3-8-17(13)23-18(24)11-26-19(25)10-16-12-27-20(22-16)14-6-4-7-15(21)9-14/h4,6-7,9,12-13,17H,2-3,5,8,10-11H2,1H3,(H,23,24)/t13-,17+/m1/s1. The van der Waals surface area contributed by atoms with Crippen molar-refractivity contribution in [2.75, 3.05) is 6.61 Å². The Morgan fingerprint density at radius 3 is 2.93 bits per heavy atom. The first-order valence-corrected chi connectivity index (χ1v) is 10.0. The summed E-state index contributed by atoms with van der Waals surface area (Å²) in [6.45, 7) is 1.86. The number of nitrogens with zero attached hydrogens (tertiary/aromatic N) is 1. The molecule has 7 heteroatoms. The zero-order chi connectivity index (χ0) is 19.2. The van der Waals surface area contributed by atoms with Crippen LogP contribution in [-0.2, 0) is 20.7 Å². The number of thiazole rings is 1. The van der Waals surface area contributed by atoms with Crippen LogP contribution < -0.4 is 5.32 Å². The van der Waals surface area contributed by atoms with Crippen LogP contribution in [0, 0.1) is 11.7 Å². The van der Waals surface area contributed by atoms with Crippen molar-refractivity contribution in [3.05, 3.63) is 41.2 Å². The molecule has 0 unspecified atom stereocenters. The molecular formula is C20H23FN2O3S. The van der Waals surface area contributed by atoms with Gasteiger partial charge in [0.05, 0.1) is 12.1 Å². The van der Waals surface area contributed by atoms with Gasteiger partial charge in [-0.05, 0) is 30.9 Å². The minimum absolute atomic E-state index is 0.0150. The zero-order valence-corrected chi connectivity index (χ0v) is 16.1. The fourth-order valence-electron chi connectivity index (χ4n) is 3.27. The van der Waals surface area contributed by atoms with Gasteiger partial charge in [-0.2, -0.15) is 0 Å². The maximum Gasteiger partial charge on any atom is 0.312 e. The summed E-state index contributed by atoms with van der Waals surface area (Å²) in [4.78, 5) is 28.3. The number of aromatic nitrogens is 1. The van der Waals surface area contributed by atoms with Crippen molar-refractivity contribution in [2.45, 2.75) is 45.1 Å². The summed E-state index contributed by atoms with van der Waals surface area (Å²) < 4.78 is 18.4. The summed E-state index contributed by atoms with van der Waals surface area (Å²) in [6.07, 6.45) is 4.39. The lowest BCUT2D eigenvalue weighted by atomic mass is 9.86. The number of benzene rings is 1. The van der Waals surface area contributed by atoms with E-state index in [9.17, 15) is 14.0 Å². The molecule has 0 spiro atoms. The Hall–Kier alpha value is -2.28. The van der Waals surface area contributed by atoms with Gasteiger partial charge in [-0.1, -0.05) is 31.9 Å². The first-order chi connectivity index (χ1) is 13.0. The van der Waals surface area contributed by atoms with E-state index in [1.54, 1.807) is 17.5 Å². The predicted molar refractivity (Wildman–Crippen MR) is 102 cm³/mol. The molecule has 3 rings (SSSR count). The van der Waals surface area contributed by atoms with Gasteiger partial charge >= 0.3 is 5.97 Å². The van der Waals surface area contributed by atoms with Crippen LogP contribution in [0.15, 0.2) is 29.6 Å². The predicted octanol–water partition coefficient (Wildman–Crippen LogP) is 3.73. The summed E-state index contributed by atoms with van der Waals surface area (Å²) in [5.41, 5.74) is 1.21. The second-order valence-electron chi connectivity index (χ2n) is 6.93. The van der Waals surface area contributed by atoms with Crippen LogP contribution >= 0.6 is 11.3 Å². The molecule has 5 nitrogen and oxygen atoms in total. The van der Waals surface area contributed by atoms with Gasteiger partial charge in [-0.15, -0.1) is 11.3 Å². The molecule has 1 N–H and O–H groups in total. The first-order valence-electron chi connectivity index (χ1n) is 9.16. The highest BCUT2D eigenvalue weighted by molar-refractivity contribution is 7.13. The van der Waals surface area contributed by atoms with Crippen LogP contribution in [0.1, 0.15) is 38.3 Å². The molecule has 0 aliphatic heterocycles. The van der Waals surface area contributed by atoms with Crippen molar-refractivity contribution >= 4 is 23.2 Å². The Balaban J connectivity index is 1.46. The van der Waals surface area contributed by atoms with E-state index in [-0.39, 0.29) is 30.8 Å². The van der Waals surface area contributed by atoms with E-state index in [0.717, 1.165) is 19.3 Å². The number of amides is 1. The maximum atomic E-state index is 13.3. The molecule has 1 saturated carbocycles. The number of carbonyl (C=O) groups excluding carboxylic acids is 2. The SMILES string of the molecule is C[C@@H]1CCCC[C@@H]1NC(=O)COC(=O)Cc1csc(-c2cccc(F)c2)n1. The lowest BCUT2D eigenvalue weighted by Crippen LogP contribution is -2.42. The van der Waals surface area contributed by atoms with Gasteiger partial charge in [-0.25, -0.2) is 9.37 Å². The van der Waals surface area contributed by atoms with Crippen LogP contribution in [-0.4, -0.2) is 29.5 Å². The van der Waals surface area contributed by atoms with Crippen LogP contribution in [0.25, 0.3) is 10.6 Å². The number of halogens is 1. The fraction of sp³-hybridized carbons (Fsp3) is 0.450. The Morgan fingerprint density at radius 1 is 1.33 bits per heavy atom. The molecule has 1 aromatic heterocycles. The van der Waals surface area contributed by atoms with Crippen molar-refractivity contribution in [1.82, 2.24) is 10.3 Å². The maximum absolute atomic E-state index is 13.3. The van der Waals surface area contributed by atoms with Crippen molar-refractivity contribution < 1.29 is 18.7 Å². The number of ether oxygens (including phenoxy) is 1. The van der Waals surface area contributed by atoms with Gasteiger partial charge in [0.2, 0.25) is 0 Å². The van der Waals surface area contributed by atoms with Gasteiger partial charge in [0, 0.05) is 17.0 Å². The lowest BCUT2D eigenvalue weighted by Gasteiger charge is -2.29. The van der Waals surface area contributed by atoms with Crippen molar-refractivity contribution in [2.24, 2.45) is 5.92 Å². The molecule has 144 valence electrons. The van der Waals surface area contributed by atoms with Gasteiger partial charge in [-0.3, -0.25) is 9.59 Å². The van der Waals surface area contributed by atoms with E-state index < -0.39 is 5.97 Å². The van der Waals surface area contributed by atoms with Crippen LogP contribution in [0.3, 0.4) is 0 Å². The van der Waals surface area contributed by atoms with Gasteiger partial charge < -0.3 is 10.1 Å². The third-order valence-corrected chi connectivity index (χ3v) is 5.71. The van der Waals surface area contributed by atoms with Crippen molar-refractivity contribution in [3.63, 3.8) is 0 Å². The molecule has 0 saturated heterocycles. The third-order valence-electron chi connectivity index (χ3n) is 4.77. The Labute approximate surface area is 162 Å². The van der Waals surface area contributed by atoms with E-state index in [4.69, 9.17) is 4.74 Å². The highest BCUT2D eigenvalue weighted by Crippen LogP contribution is 2.25. The van der Waals surface area contributed by atoms with E-state index in [1.165, 1.54) is 29.9 Å². The number of hydrogen-bond donors (Lipinski definition) is 1. The Kier molecular flexibility index (Phi) is 6.55. The molecule has 1 fully saturated rings.